The van der Waals surface area contributed by atoms with Crippen molar-refractivity contribution in [2.75, 3.05) is 5.43 Å². The second-order valence-corrected chi connectivity index (χ2v) is 5.46. The van der Waals surface area contributed by atoms with Crippen LogP contribution in [0.5, 0.6) is 0 Å². The minimum Gasteiger partial charge on any atom is -0.268 e. The van der Waals surface area contributed by atoms with E-state index in [0.29, 0.717) is 11.0 Å². The summed E-state index contributed by atoms with van der Waals surface area (Å²) >= 11 is 0. The topological polar surface area (TPSA) is 81.8 Å². The highest BCUT2D eigenvalue weighted by Gasteiger charge is 2.12. The highest BCUT2D eigenvalue weighted by atomic mass is 16.2. The van der Waals surface area contributed by atoms with E-state index in [4.69, 9.17) is 0 Å². The molecule has 2 heterocycles. The Morgan fingerprint density at radius 3 is 2.75 bits per heavy atom. The largest absolute Gasteiger partial charge is 0.283 e. The van der Waals surface area contributed by atoms with Crippen molar-refractivity contribution in [1.29, 1.82) is 0 Å². The molecule has 1 N–H and O–H groups in total. The molecule has 3 rings (SSSR count). The number of benzene rings is 1. The molecule has 7 heteroatoms. The van der Waals surface area contributed by atoms with E-state index < -0.39 is 5.91 Å². The van der Waals surface area contributed by atoms with Crippen LogP contribution in [0.15, 0.2) is 47.7 Å². The summed E-state index contributed by atoms with van der Waals surface area (Å²) in [6.45, 7) is 5.77. The lowest BCUT2D eigenvalue weighted by Gasteiger charge is -2.07. The second-order valence-electron chi connectivity index (χ2n) is 5.46. The second kappa shape index (κ2) is 6.11. The predicted octanol–water partition coefficient (Wildman–Crippen LogP) is 1.85. The average molecular weight is 323 g/mol. The smallest absolute Gasteiger partial charge is 0.268 e. The van der Waals surface area contributed by atoms with Crippen LogP contribution in [-0.4, -0.2) is 25.3 Å². The van der Waals surface area contributed by atoms with Gasteiger partial charge in [-0.15, -0.1) is 0 Å². The maximum Gasteiger partial charge on any atom is 0.283 e. The van der Waals surface area contributed by atoms with Crippen molar-refractivity contribution >= 4 is 16.9 Å². The number of carbonyl (C=O) groups is 1. The zero-order valence-corrected chi connectivity index (χ0v) is 13.6. The van der Waals surface area contributed by atoms with Gasteiger partial charge in [0.25, 0.3) is 11.5 Å². The molecule has 0 aliphatic carbocycles. The molecule has 7 nitrogen and oxygen atoms in total. The Morgan fingerprint density at radius 2 is 2.04 bits per heavy atom. The van der Waals surface area contributed by atoms with Crippen molar-refractivity contribution in [3.8, 4) is 5.69 Å². The monoisotopic (exact) mass is 323 g/mol. The summed E-state index contributed by atoms with van der Waals surface area (Å²) in [7, 11) is 0. The van der Waals surface area contributed by atoms with Crippen LogP contribution in [0.25, 0.3) is 16.7 Å². The summed E-state index contributed by atoms with van der Waals surface area (Å²) in [5.41, 5.74) is 5.65. The molecule has 3 aromatic rings. The van der Waals surface area contributed by atoms with E-state index >= 15 is 0 Å². The van der Waals surface area contributed by atoms with Gasteiger partial charge in [-0.05, 0) is 44.0 Å². The van der Waals surface area contributed by atoms with Crippen molar-refractivity contribution in [3.05, 3.63) is 64.4 Å². The fraction of sp³-hybridized carbons (Fsp3) is 0.176. The van der Waals surface area contributed by atoms with Gasteiger partial charge in [-0.2, -0.15) is 5.10 Å². The van der Waals surface area contributed by atoms with Crippen LogP contribution in [0.1, 0.15) is 18.1 Å². The first-order valence-electron chi connectivity index (χ1n) is 7.48. The van der Waals surface area contributed by atoms with Gasteiger partial charge in [0.2, 0.25) is 0 Å². The van der Waals surface area contributed by atoms with Crippen LogP contribution in [0, 0.1) is 13.8 Å². The molecule has 0 unspecified atom stereocenters. The SMILES string of the molecule is CC=CC(=O)Nn1cnc2c(cnn2-c2ccc(C)c(C)c2)c1=O. The zero-order valence-electron chi connectivity index (χ0n) is 13.6. The maximum atomic E-state index is 12.5. The number of allylic oxidation sites excluding steroid dienone is 1. The fourth-order valence-corrected chi connectivity index (χ4v) is 2.35. The number of hydrogen-bond acceptors (Lipinski definition) is 4. The van der Waals surface area contributed by atoms with E-state index in [1.807, 2.05) is 32.0 Å². The first-order valence-corrected chi connectivity index (χ1v) is 7.48. The lowest BCUT2D eigenvalue weighted by atomic mass is 10.1. The third-order valence-electron chi connectivity index (χ3n) is 3.77. The van der Waals surface area contributed by atoms with E-state index in [2.05, 4.69) is 15.5 Å². The van der Waals surface area contributed by atoms with Gasteiger partial charge in [-0.3, -0.25) is 15.0 Å². The van der Waals surface area contributed by atoms with Crippen LogP contribution in [0.4, 0.5) is 0 Å². The van der Waals surface area contributed by atoms with Gasteiger partial charge in [0.05, 0.1) is 11.9 Å². The molecular formula is C17H17N5O2. The number of rotatable bonds is 3. The third kappa shape index (κ3) is 2.71. The first kappa shape index (κ1) is 15.7. The molecule has 122 valence electrons. The molecule has 0 atom stereocenters. The molecule has 0 bridgehead atoms. The van der Waals surface area contributed by atoms with E-state index in [-0.39, 0.29) is 5.56 Å². The molecule has 0 radical (unpaired) electrons. The number of hydrogen-bond donors (Lipinski definition) is 1. The Morgan fingerprint density at radius 1 is 1.25 bits per heavy atom. The first-order chi connectivity index (χ1) is 11.5. The summed E-state index contributed by atoms with van der Waals surface area (Å²) in [6, 6.07) is 5.91. The molecule has 0 saturated carbocycles. The molecule has 1 aromatic carbocycles. The number of aryl methyl sites for hydroxylation is 2. The Balaban J connectivity index is 2.08. The van der Waals surface area contributed by atoms with Crippen molar-refractivity contribution < 1.29 is 4.79 Å². The number of nitrogens with zero attached hydrogens (tertiary/aromatic N) is 4. The van der Waals surface area contributed by atoms with Gasteiger partial charge in [0.1, 0.15) is 11.7 Å². The summed E-state index contributed by atoms with van der Waals surface area (Å²) in [5.74, 6) is -0.401. The van der Waals surface area contributed by atoms with Gasteiger partial charge in [-0.1, -0.05) is 12.1 Å². The van der Waals surface area contributed by atoms with Crippen LogP contribution < -0.4 is 11.0 Å². The van der Waals surface area contributed by atoms with Crippen molar-refractivity contribution in [2.45, 2.75) is 20.8 Å². The van der Waals surface area contributed by atoms with Gasteiger partial charge in [0, 0.05) is 6.08 Å². The zero-order chi connectivity index (χ0) is 17.3. The number of carbonyl (C=O) groups excluding carboxylic acids is 1. The molecule has 0 saturated heterocycles. The molecular weight excluding hydrogens is 306 g/mol. The van der Waals surface area contributed by atoms with Crippen molar-refractivity contribution in [2.24, 2.45) is 0 Å². The molecule has 0 aliphatic heterocycles. The standard InChI is InChI=1S/C17H17N5O2/c1-4-5-15(23)20-21-10-18-16-14(17(21)24)9-19-22(16)13-7-6-11(2)12(3)8-13/h4-10H,1-3H3,(H,20,23). The Hall–Kier alpha value is -3.22. The third-order valence-corrected chi connectivity index (χ3v) is 3.77. The average Bonchev–Trinajstić information content (AvgIpc) is 2.98. The van der Waals surface area contributed by atoms with Gasteiger partial charge >= 0.3 is 0 Å². The lowest BCUT2D eigenvalue weighted by Crippen LogP contribution is -2.32. The quantitative estimate of drug-likeness (QED) is 0.746. The molecule has 24 heavy (non-hydrogen) atoms. The van der Waals surface area contributed by atoms with Gasteiger partial charge in [-0.25, -0.2) is 14.3 Å². The highest BCUT2D eigenvalue weighted by Crippen LogP contribution is 2.16. The normalized spacial score (nSPS) is 11.3. The Bertz CT molecular complexity index is 1010. The van der Waals surface area contributed by atoms with Crippen LogP contribution >= 0.6 is 0 Å². The summed E-state index contributed by atoms with van der Waals surface area (Å²) in [6.07, 6.45) is 5.66. The van der Waals surface area contributed by atoms with Gasteiger partial charge < -0.3 is 0 Å². The molecule has 2 aromatic heterocycles. The molecule has 0 aliphatic rings. The predicted molar refractivity (Wildman–Crippen MR) is 91.8 cm³/mol. The number of amides is 1. The summed E-state index contributed by atoms with van der Waals surface area (Å²) in [4.78, 5) is 28.3. The van der Waals surface area contributed by atoms with E-state index in [1.165, 1.54) is 24.2 Å². The molecule has 1 amide bonds. The Labute approximate surface area is 138 Å². The minimum atomic E-state index is -0.401. The summed E-state index contributed by atoms with van der Waals surface area (Å²) in [5, 5.41) is 4.60. The number of nitrogens with one attached hydrogen (secondary N) is 1. The molecule has 0 fully saturated rings. The van der Waals surface area contributed by atoms with E-state index in [0.717, 1.165) is 15.9 Å². The fourth-order valence-electron chi connectivity index (χ4n) is 2.35. The van der Waals surface area contributed by atoms with Crippen LogP contribution in [0.2, 0.25) is 0 Å². The maximum absolute atomic E-state index is 12.5. The molecule has 0 spiro atoms. The van der Waals surface area contributed by atoms with Gasteiger partial charge in [0.15, 0.2) is 5.65 Å². The highest BCUT2D eigenvalue weighted by molar-refractivity contribution is 5.94. The van der Waals surface area contributed by atoms with Crippen molar-refractivity contribution in [1.82, 2.24) is 19.4 Å². The Kier molecular flexibility index (Phi) is 3.99. The minimum absolute atomic E-state index is 0.330. The van der Waals surface area contributed by atoms with Crippen molar-refractivity contribution in [3.63, 3.8) is 0 Å². The number of aromatic nitrogens is 4. The lowest BCUT2D eigenvalue weighted by molar-refractivity contribution is -0.112. The van der Waals surface area contributed by atoms with Crippen LogP contribution in [-0.2, 0) is 4.79 Å². The number of fused-ring (bicyclic) bond motifs is 1. The van der Waals surface area contributed by atoms with E-state index in [9.17, 15) is 9.59 Å². The summed E-state index contributed by atoms with van der Waals surface area (Å²) < 4.78 is 2.67. The van der Waals surface area contributed by atoms with Crippen LogP contribution in [0.3, 0.4) is 0 Å². The van der Waals surface area contributed by atoms with E-state index in [1.54, 1.807) is 17.7 Å².